The molecule has 0 amide bonds. The summed E-state index contributed by atoms with van der Waals surface area (Å²) in [5.74, 6) is 2.82. The summed E-state index contributed by atoms with van der Waals surface area (Å²) in [7, 11) is 0. The van der Waals surface area contributed by atoms with Crippen LogP contribution in [0.3, 0.4) is 0 Å². The van der Waals surface area contributed by atoms with Crippen molar-refractivity contribution >= 4 is 28.7 Å². The molecule has 0 aliphatic carbocycles. The van der Waals surface area contributed by atoms with E-state index < -0.39 is 0 Å². The zero-order chi connectivity index (χ0) is 11.5. The number of imidazole rings is 1. The van der Waals surface area contributed by atoms with Crippen molar-refractivity contribution in [3.05, 3.63) is 24.3 Å². The van der Waals surface area contributed by atoms with Crippen LogP contribution < -0.4 is 5.73 Å². The lowest BCUT2D eigenvalue weighted by atomic mass is 10.3. The van der Waals surface area contributed by atoms with Crippen LogP contribution in [-0.2, 0) is 0 Å². The highest BCUT2D eigenvalue weighted by atomic mass is 32.2. The van der Waals surface area contributed by atoms with Crippen LogP contribution in [0.1, 0.15) is 19.9 Å². The molecular weight excluding hydrogens is 218 g/mol. The van der Waals surface area contributed by atoms with Crippen LogP contribution in [0.15, 0.2) is 24.3 Å². The number of benzene rings is 1. The minimum atomic E-state index is 0.386. The molecule has 0 bridgehead atoms. The number of hydrogen-bond acceptors (Lipinski definition) is 3. The summed E-state index contributed by atoms with van der Waals surface area (Å²) in [5, 5.41) is 0. The number of anilines is 1. The third-order valence-electron chi connectivity index (χ3n) is 2.63. The summed E-state index contributed by atoms with van der Waals surface area (Å²) >= 11 is 1.93. The average molecular weight is 235 g/mol. The lowest BCUT2D eigenvalue weighted by Gasteiger charge is -2.15. The molecule has 2 N–H and O–H groups in total. The predicted octanol–water partition coefficient (Wildman–Crippen LogP) is 2.93. The van der Waals surface area contributed by atoms with Crippen LogP contribution >= 0.6 is 11.8 Å². The molecule has 3 nitrogen and oxygen atoms in total. The second kappa shape index (κ2) is 4.78. The molecule has 0 aliphatic rings. The quantitative estimate of drug-likeness (QED) is 0.886. The van der Waals surface area contributed by atoms with Gasteiger partial charge in [0.15, 0.2) is 0 Å². The molecule has 0 saturated carbocycles. The minimum absolute atomic E-state index is 0.386. The number of fused-ring (bicyclic) bond motifs is 1. The van der Waals surface area contributed by atoms with Gasteiger partial charge in [0.1, 0.15) is 0 Å². The standard InChI is InChI=1S/C12H17N3S/c1-3-16-8-9(2)15-11-7-5-4-6-10(11)14-12(15)13/h4-7,9H,3,8H2,1-2H3,(H2,13,14). The van der Waals surface area contributed by atoms with Crippen molar-refractivity contribution in [3.63, 3.8) is 0 Å². The first-order valence-corrected chi connectivity index (χ1v) is 6.69. The number of nitrogens with two attached hydrogens (primary N) is 1. The molecule has 0 radical (unpaired) electrons. The maximum Gasteiger partial charge on any atom is 0.201 e. The van der Waals surface area contributed by atoms with Gasteiger partial charge in [-0.15, -0.1) is 0 Å². The van der Waals surface area contributed by atoms with Crippen molar-refractivity contribution in [2.24, 2.45) is 0 Å². The average Bonchev–Trinajstić information content (AvgIpc) is 2.62. The fourth-order valence-corrected chi connectivity index (χ4v) is 2.62. The smallest absolute Gasteiger partial charge is 0.201 e. The number of para-hydroxylation sites is 2. The van der Waals surface area contributed by atoms with Gasteiger partial charge in [-0.2, -0.15) is 11.8 Å². The van der Waals surface area contributed by atoms with E-state index in [-0.39, 0.29) is 0 Å². The third kappa shape index (κ3) is 2.02. The molecule has 2 rings (SSSR count). The Hall–Kier alpha value is -1.16. The van der Waals surface area contributed by atoms with Gasteiger partial charge in [-0.25, -0.2) is 4.98 Å². The second-order valence-electron chi connectivity index (χ2n) is 3.84. The van der Waals surface area contributed by atoms with Crippen LogP contribution in [0.2, 0.25) is 0 Å². The SMILES string of the molecule is CCSCC(C)n1c(N)nc2ccccc21. The first kappa shape index (κ1) is 11.3. The van der Waals surface area contributed by atoms with Crippen molar-refractivity contribution in [2.45, 2.75) is 19.9 Å². The molecule has 1 unspecified atom stereocenters. The Morgan fingerprint density at radius 2 is 2.19 bits per heavy atom. The molecule has 86 valence electrons. The fourth-order valence-electron chi connectivity index (χ4n) is 1.89. The number of rotatable bonds is 4. The molecule has 0 spiro atoms. The van der Waals surface area contributed by atoms with Crippen LogP contribution in [0.5, 0.6) is 0 Å². The normalized spacial score (nSPS) is 13.1. The van der Waals surface area contributed by atoms with Crippen molar-refractivity contribution in [3.8, 4) is 0 Å². The highest BCUT2D eigenvalue weighted by molar-refractivity contribution is 7.99. The van der Waals surface area contributed by atoms with Crippen LogP contribution in [0, 0.1) is 0 Å². The third-order valence-corrected chi connectivity index (χ3v) is 3.75. The summed E-state index contributed by atoms with van der Waals surface area (Å²) in [6.45, 7) is 4.36. The number of hydrogen-bond donors (Lipinski definition) is 1. The van der Waals surface area contributed by atoms with Crippen molar-refractivity contribution in [1.82, 2.24) is 9.55 Å². The monoisotopic (exact) mass is 235 g/mol. The van der Waals surface area contributed by atoms with E-state index in [1.165, 1.54) is 0 Å². The zero-order valence-electron chi connectivity index (χ0n) is 9.68. The fraction of sp³-hybridized carbons (Fsp3) is 0.417. The molecule has 1 heterocycles. The Bertz CT molecular complexity index is 478. The summed E-state index contributed by atoms with van der Waals surface area (Å²) in [5.41, 5.74) is 8.08. The highest BCUT2D eigenvalue weighted by Crippen LogP contribution is 2.24. The van der Waals surface area contributed by atoms with Gasteiger partial charge >= 0.3 is 0 Å². The van der Waals surface area contributed by atoms with Gasteiger partial charge in [-0.3, -0.25) is 0 Å². The molecule has 0 saturated heterocycles. The van der Waals surface area contributed by atoms with E-state index in [4.69, 9.17) is 5.73 Å². The Morgan fingerprint density at radius 1 is 1.44 bits per heavy atom. The maximum atomic E-state index is 5.97. The molecular formula is C12H17N3S. The van der Waals surface area contributed by atoms with Gasteiger partial charge in [-0.1, -0.05) is 19.1 Å². The molecule has 1 aromatic carbocycles. The summed E-state index contributed by atoms with van der Waals surface area (Å²) in [4.78, 5) is 4.37. The Labute approximate surface area is 100 Å². The first-order chi connectivity index (χ1) is 7.74. The number of nitrogens with zero attached hydrogens (tertiary/aromatic N) is 2. The van der Waals surface area contributed by atoms with E-state index in [1.54, 1.807) is 0 Å². The van der Waals surface area contributed by atoms with Gasteiger partial charge < -0.3 is 10.3 Å². The lowest BCUT2D eigenvalue weighted by Crippen LogP contribution is -2.11. The van der Waals surface area contributed by atoms with Crippen molar-refractivity contribution < 1.29 is 0 Å². The second-order valence-corrected chi connectivity index (χ2v) is 5.16. The Balaban J connectivity index is 2.38. The largest absolute Gasteiger partial charge is 0.369 e. The first-order valence-electron chi connectivity index (χ1n) is 5.54. The molecule has 1 aromatic heterocycles. The lowest BCUT2D eigenvalue weighted by molar-refractivity contribution is 0.637. The minimum Gasteiger partial charge on any atom is -0.369 e. The number of nitrogen functional groups attached to an aromatic ring is 1. The van der Waals surface area contributed by atoms with Crippen LogP contribution in [0.25, 0.3) is 11.0 Å². The molecule has 1 atom stereocenters. The highest BCUT2D eigenvalue weighted by Gasteiger charge is 2.12. The zero-order valence-corrected chi connectivity index (χ0v) is 10.5. The van der Waals surface area contributed by atoms with E-state index in [2.05, 4.69) is 29.5 Å². The summed E-state index contributed by atoms with van der Waals surface area (Å²) in [6, 6.07) is 8.48. The maximum absolute atomic E-state index is 5.97. The van der Waals surface area contributed by atoms with Crippen LogP contribution in [-0.4, -0.2) is 21.1 Å². The van der Waals surface area contributed by atoms with Crippen LogP contribution in [0.4, 0.5) is 5.95 Å². The molecule has 2 aromatic rings. The van der Waals surface area contributed by atoms with Crippen molar-refractivity contribution in [2.75, 3.05) is 17.2 Å². The summed E-state index contributed by atoms with van der Waals surface area (Å²) < 4.78 is 2.12. The van der Waals surface area contributed by atoms with Gasteiger partial charge in [-0.05, 0) is 24.8 Å². The van der Waals surface area contributed by atoms with Gasteiger partial charge in [0.05, 0.1) is 11.0 Å². The Morgan fingerprint density at radius 3 is 2.94 bits per heavy atom. The Kier molecular flexibility index (Phi) is 3.39. The number of aromatic nitrogens is 2. The number of thioether (sulfide) groups is 1. The van der Waals surface area contributed by atoms with E-state index in [0.29, 0.717) is 12.0 Å². The summed E-state index contributed by atoms with van der Waals surface area (Å²) in [6.07, 6.45) is 0. The molecule has 4 heteroatoms. The van der Waals surface area contributed by atoms with E-state index in [1.807, 2.05) is 30.0 Å². The topological polar surface area (TPSA) is 43.8 Å². The van der Waals surface area contributed by atoms with Gasteiger partial charge in [0, 0.05) is 11.8 Å². The van der Waals surface area contributed by atoms with Gasteiger partial charge in [0.2, 0.25) is 5.95 Å². The molecule has 0 fully saturated rings. The van der Waals surface area contributed by atoms with Crippen molar-refractivity contribution in [1.29, 1.82) is 0 Å². The van der Waals surface area contributed by atoms with E-state index >= 15 is 0 Å². The predicted molar refractivity (Wildman–Crippen MR) is 71.9 cm³/mol. The van der Waals surface area contributed by atoms with E-state index in [9.17, 15) is 0 Å². The van der Waals surface area contributed by atoms with Gasteiger partial charge in [0.25, 0.3) is 0 Å². The molecule has 0 aliphatic heterocycles. The molecule has 16 heavy (non-hydrogen) atoms. The van der Waals surface area contributed by atoms with E-state index in [0.717, 1.165) is 22.5 Å².